The molecule has 1 fully saturated rings. The van der Waals surface area contributed by atoms with Gasteiger partial charge in [-0.3, -0.25) is 9.69 Å². The van der Waals surface area contributed by atoms with Crippen molar-refractivity contribution in [3.8, 4) is 11.5 Å². The predicted octanol–water partition coefficient (Wildman–Crippen LogP) is 5.44. The van der Waals surface area contributed by atoms with E-state index in [2.05, 4.69) is 5.32 Å². The van der Waals surface area contributed by atoms with Crippen LogP contribution in [0.5, 0.6) is 11.5 Å². The number of benzene rings is 3. The number of carbonyl (C=O) groups is 2. The van der Waals surface area contributed by atoms with Crippen LogP contribution >= 0.6 is 11.6 Å². The Bertz CT molecular complexity index is 1180. The van der Waals surface area contributed by atoms with Crippen molar-refractivity contribution in [1.82, 2.24) is 4.90 Å². The van der Waals surface area contributed by atoms with Crippen LogP contribution in [-0.4, -0.2) is 44.1 Å². The Morgan fingerprint density at radius 2 is 1.79 bits per heavy atom. The van der Waals surface area contributed by atoms with Gasteiger partial charge in [-0.25, -0.2) is 4.79 Å². The Labute approximate surface area is 203 Å². The highest BCUT2D eigenvalue weighted by Crippen LogP contribution is 2.30. The van der Waals surface area contributed by atoms with Crippen molar-refractivity contribution in [3.63, 3.8) is 0 Å². The number of urea groups is 1. The van der Waals surface area contributed by atoms with Crippen LogP contribution in [0.15, 0.2) is 66.7 Å². The van der Waals surface area contributed by atoms with Crippen LogP contribution in [0.2, 0.25) is 5.02 Å². The molecule has 1 heterocycles. The van der Waals surface area contributed by atoms with Crippen molar-refractivity contribution >= 4 is 34.9 Å². The first-order valence-corrected chi connectivity index (χ1v) is 11.3. The fraction of sp³-hybridized carbons (Fsp3) is 0.231. The van der Waals surface area contributed by atoms with Gasteiger partial charge >= 0.3 is 6.03 Å². The molecule has 0 spiro atoms. The molecule has 1 aliphatic rings. The van der Waals surface area contributed by atoms with Gasteiger partial charge in [0.25, 0.3) is 5.91 Å². The molecule has 7 nitrogen and oxygen atoms in total. The summed E-state index contributed by atoms with van der Waals surface area (Å²) in [6.07, 6.45) is 0.830. The lowest BCUT2D eigenvalue weighted by Gasteiger charge is -2.35. The molecular weight excluding hydrogens is 454 g/mol. The lowest BCUT2D eigenvalue weighted by Crippen LogP contribution is -2.49. The minimum atomic E-state index is -0.309. The third-order valence-corrected chi connectivity index (χ3v) is 5.92. The molecule has 3 aromatic carbocycles. The highest BCUT2D eigenvalue weighted by Gasteiger charge is 2.27. The lowest BCUT2D eigenvalue weighted by atomic mass is 10.1. The van der Waals surface area contributed by atoms with E-state index in [9.17, 15) is 9.59 Å². The summed E-state index contributed by atoms with van der Waals surface area (Å²) in [5.41, 5.74) is 2.63. The summed E-state index contributed by atoms with van der Waals surface area (Å²) in [6.45, 7) is 1.76. The van der Waals surface area contributed by atoms with Crippen LogP contribution in [0, 0.1) is 0 Å². The maximum absolute atomic E-state index is 13.2. The van der Waals surface area contributed by atoms with Gasteiger partial charge in [0.1, 0.15) is 11.5 Å². The molecule has 0 unspecified atom stereocenters. The zero-order chi connectivity index (χ0) is 24.1. The topological polar surface area (TPSA) is 71.1 Å². The summed E-state index contributed by atoms with van der Waals surface area (Å²) in [5.74, 6) is 0.815. The van der Waals surface area contributed by atoms with E-state index in [0.717, 1.165) is 12.0 Å². The van der Waals surface area contributed by atoms with E-state index in [-0.39, 0.29) is 11.9 Å². The van der Waals surface area contributed by atoms with E-state index in [0.29, 0.717) is 53.1 Å². The summed E-state index contributed by atoms with van der Waals surface area (Å²) >= 11 is 5.98. The molecule has 34 heavy (non-hydrogen) atoms. The first-order chi connectivity index (χ1) is 16.5. The summed E-state index contributed by atoms with van der Waals surface area (Å²) in [4.78, 5) is 29.7. The first-order valence-electron chi connectivity index (χ1n) is 10.9. The zero-order valence-electron chi connectivity index (χ0n) is 19.1. The van der Waals surface area contributed by atoms with Crippen LogP contribution in [0.3, 0.4) is 0 Å². The molecule has 3 aromatic rings. The molecule has 4 rings (SSSR count). The van der Waals surface area contributed by atoms with Gasteiger partial charge in [0.15, 0.2) is 0 Å². The van der Waals surface area contributed by atoms with Gasteiger partial charge in [-0.1, -0.05) is 29.8 Å². The van der Waals surface area contributed by atoms with Gasteiger partial charge in [0, 0.05) is 42.0 Å². The quantitative estimate of drug-likeness (QED) is 0.489. The normalized spacial score (nSPS) is 13.6. The molecule has 1 N–H and O–H groups in total. The van der Waals surface area contributed by atoms with E-state index >= 15 is 0 Å². The molecule has 0 aromatic heterocycles. The maximum atomic E-state index is 13.2. The number of carbonyl (C=O) groups excluding carboxylic acids is 2. The molecule has 0 atom stereocenters. The van der Waals surface area contributed by atoms with Crippen molar-refractivity contribution in [2.45, 2.75) is 13.0 Å². The number of nitrogens with zero attached hydrogens (tertiary/aromatic N) is 2. The second kappa shape index (κ2) is 10.5. The third kappa shape index (κ3) is 5.26. The highest BCUT2D eigenvalue weighted by atomic mass is 35.5. The van der Waals surface area contributed by atoms with Gasteiger partial charge < -0.3 is 19.7 Å². The Morgan fingerprint density at radius 3 is 2.53 bits per heavy atom. The van der Waals surface area contributed by atoms with Crippen LogP contribution in [0.25, 0.3) is 0 Å². The van der Waals surface area contributed by atoms with E-state index in [1.54, 1.807) is 53.3 Å². The molecule has 0 bridgehead atoms. The van der Waals surface area contributed by atoms with Crippen molar-refractivity contribution in [1.29, 1.82) is 0 Å². The number of amides is 3. The molecule has 0 saturated carbocycles. The van der Waals surface area contributed by atoms with Crippen molar-refractivity contribution < 1.29 is 19.1 Å². The first kappa shape index (κ1) is 23.4. The van der Waals surface area contributed by atoms with Gasteiger partial charge in [-0.05, 0) is 54.4 Å². The number of rotatable bonds is 7. The Kier molecular flexibility index (Phi) is 7.23. The fourth-order valence-corrected chi connectivity index (χ4v) is 4.03. The molecule has 176 valence electrons. The Morgan fingerprint density at radius 1 is 1.00 bits per heavy atom. The number of anilines is 2. The highest BCUT2D eigenvalue weighted by molar-refractivity contribution is 6.30. The maximum Gasteiger partial charge on any atom is 0.324 e. The van der Waals surface area contributed by atoms with E-state index in [4.69, 9.17) is 21.1 Å². The summed E-state index contributed by atoms with van der Waals surface area (Å²) in [7, 11) is 3.10. The van der Waals surface area contributed by atoms with Crippen molar-refractivity contribution in [2.75, 3.05) is 37.5 Å². The summed E-state index contributed by atoms with van der Waals surface area (Å²) < 4.78 is 10.6. The van der Waals surface area contributed by atoms with E-state index in [1.165, 1.54) is 7.11 Å². The molecule has 0 radical (unpaired) electrons. The third-order valence-electron chi connectivity index (χ3n) is 5.67. The van der Waals surface area contributed by atoms with Crippen LogP contribution in [-0.2, 0) is 6.54 Å². The predicted molar refractivity (Wildman–Crippen MR) is 133 cm³/mol. The molecule has 0 aliphatic carbocycles. The van der Waals surface area contributed by atoms with Gasteiger partial charge in [-0.2, -0.15) is 0 Å². The second-order valence-corrected chi connectivity index (χ2v) is 8.34. The molecule has 1 aliphatic heterocycles. The minimum absolute atomic E-state index is 0.0896. The van der Waals surface area contributed by atoms with Gasteiger partial charge in [0.05, 0.1) is 19.9 Å². The standard InChI is InChI=1S/C26H26ClN3O4/c1-33-22-11-12-24(34-2)23(16-22)28-25(31)19-5-3-6-21(15-19)30-14-4-13-29(26(30)32)17-18-7-9-20(27)10-8-18/h3,5-12,15-16H,4,13-14,17H2,1-2H3,(H,28,31). The Hall–Kier alpha value is -3.71. The largest absolute Gasteiger partial charge is 0.497 e. The molecular formula is C26H26ClN3O4. The van der Waals surface area contributed by atoms with E-state index in [1.807, 2.05) is 30.3 Å². The minimum Gasteiger partial charge on any atom is -0.497 e. The average molecular weight is 480 g/mol. The van der Waals surface area contributed by atoms with Crippen LogP contribution in [0.1, 0.15) is 22.3 Å². The van der Waals surface area contributed by atoms with Gasteiger partial charge in [-0.15, -0.1) is 0 Å². The average Bonchev–Trinajstić information content (AvgIpc) is 2.86. The van der Waals surface area contributed by atoms with Crippen molar-refractivity contribution in [3.05, 3.63) is 82.9 Å². The number of methoxy groups -OCH3 is 2. The van der Waals surface area contributed by atoms with Gasteiger partial charge in [0.2, 0.25) is 0 Å². The molecule has 8 heteroatoms. The lowest BCUT2D eigenvalue weighted by molar-refractivity contribution is 0.102. The number of halogens is 1. The smallest absolute Gasteiger partial charge is 0.324 e. The number of hydrogen-bond acceptors (Lipinski definition) is 4. The fourth-order valence-electron chi connectivity index (χ4n) is 3.90. The van der Waals surface area contributed by atoms with E-state index < -0.39 is 0 Å². The number of hydrogen-bond donors (Lipinski definition) is 1. The Balaban J connectivity index is 1.51. The number of nitrogens with one attached hydrogen (secondary N) is 1. The summed E-state index contributed by atoms with van der Waals surface area (Å²) in [6, 6.07) is 19.6. The molecule has 3 amide bonds. The monoisotopic (exact) mass is 479 g/mol. The van der Waals surface area contributed by atoms with Crippen LogP contribution < -0.4 is 19.7 Å². The van der Waals surface area contributed by atoms with Crippen LogP contribution in [0.4, 0.5) is 16.2 Å². The molecule has 1 saturated heterocycles. The number of ether oxygens (including phenoxy) is 2. The second-order valence-electron chi connectivity index (χ2n) is 7.91. The SMILES string of the molecule is COc1ccc(OC)c(NC(=O)c2cccc(N3CCCN(Cc4ccc(Cl)cc4)C3=O)c2)c1. The zero-order valence-corrected chi connectivity index (χ0v) is 19.8. The van der Waals surface area contributed by atoms with Crippen molar-refractivity contribution in [2.24, 2.45) is 0 Å². The summed E-state index contributed by atoms with van der Waals surface area (Å²) in [5, 5.41) is 3.54.